The number of hydrazine groups is 1. The van der Waals surface area contributed by atoms with Gasteiger partial charge in [-0.1, -0.05) is 35.4 Å². The largest absolute Gasteiger partial charge is 0.508 e. The number of benzene rings is 3. The van der Waals surface area contributed by atoms with Gasteiger partial charge in [-0.15, -0.1) is 0 Å². The number of aromatic hydroxyl groups is 1. The molecule has 3 aromatic carbocycles. The van der Waals surface area contributed by atoms with Gasteiger partial charge in [-0.3, -0.25) is 24.6 Å². The summed E-state index contributed by atoms with van der Waals surface area (Å²) in [6.07, 6.45) is 2.64. The molecule has 2 aliphatic carbocycles. The second kappa shape index (κ2) is 11.5. The third-order valence-electron chi connectivity index (χ3n) is 10.8. The average molecular weight is 698 g/mol. The lowest BCUT2D eigenvalue weighted by molar-refractivity contribution is -0.140. The van der Waals surface area contributed by atoms with Crippen LogP contribution in [0, 0.1) is 35.4 Å². The molecule has 5 amide bonds. The summed E-state index contributed by atoms with van der Waals surface area (Å²) in [4.78, 5) is 70.4. The summed E-state index contributed by atoms with van der Waals surface area (Å²) in [7, 11) is 1.09. The van der Waals surface area contributed by atoms with E-state index in [0.717, 1.165) is 12.1 Å². The van der Waals surface area contributed by atoms with Crippen LogP contribution in [0.3, 0.4) is 0 Å². The Kier molecular flexibility index (Phi) is 7.34. The van der Waals surface area contributed by atoms with E-state index in [-0.39, 0.29) is 25.0 Å². The fourth-order valence-corrected chi connectivity index (χ4v) is 8.87. The van der Waals surface area contributed by atoms with Crippen molar-refractivity contribution in [1.29, 1.82) is 0 Å². The van der Waals surface area contributed by atoms with Crippen molar-refractivity contribution >= 4 is 47.0 Å². The molecule has 11 nitrogen and oxygen atoms in total. The second-order valence-electron chi connectivity index (χ2n) is 13.1. The van der Waals surface area contributed by atoms with Crippen LogP contribution in [0.15, 0.2) is 90.2 Å². The van der Waals surface area contributed by atoms with Gasteiger partial charge in [0, 0.05) is 22.9 Å². The summed E-state index contributed by atoms with van der Waals surface area (Å²) in [5, 5.41) is 11.7. The maximum Gasteiger partial charge on any atom is 0.423 e. The first kappa shape index (κ1) is 31.8. The van der Waals surface area contributed by atoms with Crippen LogP contribution in [0.4, 0.5) is 14.9 Å². The third kappa shape index (κ3) is 4.51. The highest BCUT2D eigenvalue weighted by Crippen LogP contribution is 2.63. The van der Waals surface area contributed by atoms with Crippen LogP contribution in [-0.2, 0) is 35.8 Å². The van der Waals surface area contributed by atoms with Gasteiger partial charge in [-0.2, -0.15) is 9.91 Å². The molecule has 0 bridgehead atoms. The van der Waals surface area contributed by atoms with E-state index in [4.69, 9.17) is 21.1 Å². The van der Waals surface area contributed by atoms with E-state index in [0.29, 0.717) is 43.6 Å². The van der Waals surface area contributed by atoms with Crippen LogP contribution in [-0.4, -0.2) is 51.8 Å². The fourth-order valence-electron chi connectivity index (χ4n) is 8.74. The van der Waals surface area contributed by atoms with Crippen molar-refractivity contribution in [1.82, 2.24) is 9.91 Å². The van der Waals surface area contributed by atoms with Gasteiger partial charge < -0.3 is 14.6 Å². The number of hydrogen-bond acceptors (Lipinski definition) is 9. The van der Waals surface area contributed by atoms with Crippen molar-refractivity contribution in [2.75, 3.05) is 12.5 Å². The fraction of sp³-hybridized carbons (Fsp3) is 0.270. The molecular formula is C37H29ClFN3O8. The molecule has 0 spiro atoms. The number of fused-ring (bicyclic) bond motifs is 5. The smallest absolute Gasteiger partial charge is 0.423 e. The minimum atomic E-state index is -1.60. The predicted molar refractivity (Wildman–Crippen MR) is 175 cm³/mol. The molecule has 254 valence electrons. The van der Waals surface area contributed by atoms with Crippen molar-refractivity contribution < 1.29 is 42.9 Å². The monoisotopic (exact) mass is 697 g/mol. The van der Waals surface area contributed by atoms with Crippen molar-refractivity contribution in [2.24, 2.45) is 29.6 Å². The van der Waals surface area contributed by atoms with Crippen molar-refractivity contribution in [2.45, 2.75) is 24.7 Å². The molecule has 3 heterocycles. The van der Waals surface area contributed by atoms with Crippen molar-refractivity contribution in [3.8, 4) is 11.5 Å². The molecule has 3 fully saturated rings. The van der Waals surface area contributed by atoms with Gasteiger partial charge in [0.1, 0.15) is 17.3 Å². The van der Waals surface area contributed by atoms with Crippen LogP contribution in [0.5, 0.6) is 11.5 Å². The zero-order valence-electron chi connectivity index (χ0n) is 26.5. The maximum atomic E-state index is 15.2. The first-order valence-corrected chi connectivity index (χ1v) is 16.4. The first-order chi connectivity index (χ1) is 24.0. The minimum absolute atomic E-state index is 0.00214. The number of carbonyl (C=O) groups is 5. The summed E-state index contributed by atoms with van der Waals surface area (Å²) in [6, 6.07) is 16.6. The lowest BCUT2D eigenvalue weighted by Crippen LogP contribution is -2.55. The van der Waals surface area contributed by atoms with Gasteiger partial charge in [-0.05, 0) is 84.5 Å². The Balaban J connectivity index is 1.33. The SMILES string of the molecule is COC(=O)N1C(=O)[C@H]2[C@H](CC=C3[C@H](C4=COc5ccc(O)cc5C4)[C@]4(c5ccc(Cl)cc5)C(=O)N(Nc5ccc(F)cc5)C(=O)[C@@H]4C[C@H]32)C1=O. The van der Waals surface area contributed by atoms with E-state index in [1.54, 1.807) is 42.7 Å². The van der Waals surface area contributed by atoms with Crippen LogP contribution in [0.1, 0.15) is 24.0 Å². The zero-order chi connectivity index (χ0) is 35.1. The lowest BCUT2D eigenvalue weighted by Gasteiger charge is -2.51. The quantitative estimate of drug-likeness (QED) is 0.275. The molecule has 8 rings (SSSR count). The molecule has 6 atom stereocenters. The standard InChI is InChI=1S/C37H29ClFN3O8/c1-49-36(48)41-32(44)26-12-11-25-27(30(26)34(41)46)16-28-33(45)42(40-23-8-6-22(39)7-9-23)35(47)37(28,20-2-4-21(38)5-3-20)31(25)19-14-18-15-24(43)10-13-29(18)50-17-19/h2-11,13,15,17,26-28,30-31,40,43H,12,14,16H2,1H3/t26-,27+,28-,30-,31-,37+/m0/s1. The Labute approximate surface area is 289 Å². The number of rotatable bonds is 4. The van der Waals surface area contributed by atoms with E-state index in [2.05, 4.69) is 5.43 Å². The predicted octanol–water partition coefficient (Wildman–Crippen LogP) is 5.29. The van der Waals surface area contributed by atoms with Gasteiger partial charge in [0.2, 0.25) is 11.8 Å². The highest BCUT2D eigenvalue weighted by atomic mass is 35.5. The Bertz CT molecular complexity index is 2070. The lowest BCUT2D eigenvalue weighted by atomic mass is 9.48. The number of likely N-dealkylation sites (tertiary alicyclic amines) is 1. The summed E-state index contributed by atoms with van der Waals surface area (Å²) in [6.45, 7) is 0. The van der Waals surface area contributed by atoms with Gasteiger partial charge >= 0.3 is 6.09 Å². The number of carbonyl (C=O) groups excluding carboxylic acids is 5. The van der Waals surface area contributed by atoms with E-state index in [1.807, 2.05) is 6.08 Å². The number of nitrogens with one attached hydrogen (secondary N) is 1. The highest BCUT2D eigenvalue weighted by Gasteiger charge is 2.71. The molecule has 0 radical (unpaired) electrons. The van der Waals surface area contributed by atoms with Gasteiger partial charge in [0.15, 0.2) is 0 Å². The van der Waals surface area contributed by atoms with Crippen LogP contribution < -0.4 is 10.2 Å². The van der Waals surface area contributed by atoms with Crippen molar-refractivity contribution in [3.63, 3.8) is 0 Å². The number of halogens is 2. The number of imide groups is 4. The maximum absolute atomic E-state index is 15.2. The molecule has 0 aromatic heterocycles. The topological polar surface area (TPSA) is 143 Å². The van der Waals surface area contributed by atoms with E-state index < -0.39 is 70.5 Å². The van der Waals surface area contributed by atoms with Crippen LogP contribution >= 0.6 is 11.6 Å². The number of anilines is 1. The highest BCUT2D eigenvalue weighted by molar-refractivity contribution is 6.30. The summed E-state index contributed by atoms with van der Waals surface area (Å²) < 4.78 is 24.7. The molecule has 50 heavy (non-hydrogen) atoms. The molecule has 2 N–H and O–H groups in total. The number of allylic oxidation sites excluding steroid dienone is 3. The Morgan fingerprint density at radius 3 is 2.46 bits per heavy atom. The molecule has 0 unspecified atom stereocenters. The molecule has 1 saturated carbocycles. The number of nitrogens with zero attached hydrogens (tertiary/aromatic N) is 2. The number of phenols is 1. The normalized spacial score (nSPS) is 28.2. The molecule has 13 heteroatoms. The van der Waals surface area contributed by atoms with E-state index in [9.17, 15) is 28.7 Å². The van der Waals surface area contributed by atoms with Crippen molar-refractivity contribution in [3.05, 3.63) is 112 Å². The van der Waals surface area contributed by atoms with E-state index >= 15 is 4.79 Å². The Morgan fingerprint density at radius 1 is 1.00 bits per heavy atom. The average Bonchev–Trinajstić information content (AvgIpc) is 3.49. The third-order valence-corrected chi connectivity index (χ3v) is 11.0. The number of methoxy groups -OCH3 is 1. The zero-order valence-corrected chi connectivity index (χ0v) is 27.2. The number of phenolic OH excluding ortho intramolecular Hbond substituents is 1. The summed E-state index contributed by atoms with van der Waals surface area (Å²) in [5.74, 6) is -7.07. The number of amides is 5. The summed E-state index contributed by atoms with van der Waals surface area (Å²) >= 11 is 6.33. The Morgan fingerprint density at radius 2 is 1.74 bits per heavy atom. The summed E-state index contributed by atoms with van der Waals surface area (Å²) in [5.41, 5.74) is 3.99. The molecular weight excluding hydrogens is 669 g/mol. The minimum Gasteiger partial charge on any atom is -0.508 e. The first-order valence-electron chi connectivity index (χ1n) is 16.0. The number of hydrogen-bond donors (Lipinski definition) is 2. The van der Waals surface area contributed by atoms with Crippen LogP contribution in [0.25, 0.3) is 0 Å². The van der Waals surface area contributed by atoms with Crippen LogP contribution in [0.2, 0.25) is 5.02 Å². The molecule has 5 aliphatic rings. The Hall–Kier alpha value is -5.49. The molecule has 3 aromatic rings. The molecule has 2 saturated heterocycles. The van der Waals surface area contributed by atoms with E-state index in [1.165, 1.54) is 30.3 Å². The second-order valence-corrected chi connectivity index (χ2v) is 13.6. The number of ether oxygens (including phenoxy) is 2. The molecule has 3 aliphatic heterocycles. The van der Waals surface area contributed by atoms with Gasteiger partial charge in [0.05, 0.1) is 42.2 Å². The van der Waals surface area contributed by atoms with Gasteiger partial charge in [0.25, 0.3) is 11.8 Å². The van der Waals surface area contributed by atoms with Gasteiger partial charge in [-0.25, -0.2) is 9.18 Å².